The van der Waals surface area contributed by atoms with Crippen molar-refractivity contribution in [1.82, 2.24) is 15.2 Å². The molecular formula is C9H12N4OS2. The fourth-order valence-corrected chi connectivity index (χ4v) is 2.99. The third-order valence-electron chi connectivity index (χ3n) is 1.96. The van der Waals surface area contributed by atoms with Crippen LogP contribution in [0.3, 0.4) is 0 Å². The van der Waals surface area contributed by atoms with Gasteiger partial charge >= 0.3 is 0 Å². The molecule has 0 saturated heterocycles. The lowest BCUT2D eigenvalue weighted by molar-refractivity contribution is 0.182. The number of nitrogens with zero attached hydrogens (tertiary/aromatic N) is 3. The number of methoxy groups -OCH3 is 1. The quantitative estimate of drug-likeness (QED) is 0.905. The fraction of sp³-hybridized carbons (Fsp3) is 0.444. The van der Waals surface area contributed by atoms with Crippen molar-refractivity contribution in [1.29, 1.82) is 0 Å². The standard InChI is InChI=1S/C9H12N4OS2/c1-3-6-11-5(4-14-2)7(15-6)8-12-13-9(10)16-8/h3-4H2,1-2H3,(H2,10,13). The van der Waals surface area contributed by atoms with Gasteiger partial charge in [0.1, 0.15) is 0 Å². The van der Waals surface area contributed by atoms with E-state index in [1.807, 2.05) is 0 Å². The van der Waals surface area contributed by atoms with Gasteiger partial charge in [0.2, 0.25) is 5.13 Å². The third kappa shape index (κ3) is 2.21. The summed E-state index contributed by atoms with van der Waals surface area (Å²) in [6, 6.07) is 0. The first-order valence-electron chi connectivity index (χ1n) is 4.81. The highest BCUT2D eigenvalue weighted by atomic mass is 32.1. The SMILES string of the molecule is CCc1nc(COC)c(-c2nnc(N)s2)s1. The van der Waals surface area contributed by atoms with Crippen LogP contribution in [0.1, 0.15) is 17.6 Å². The topological polar surface area (TPSA) is 73.9 Å². The summed E-state index contributed by atoms with van der Waals surface area (Å²) in [7, 11) is 1.66. The van der Waals surface area contributed by atoms with E-state index in [0.717, 1.165) is 27.0 Å². The Balaban J connectivity index is 2.41. The molecule has 2 heterocycles. The van der Waals surface area contributed by atoms with Gasteiger partial charge in [0.05, 0.1) is 22.2 Å². The first-order valence-corrected chi connectivity index (χ1v) is 6.44. The monoisotopic (exact) mass is 256 g/mol. The van der Waals surface area contributed by atoms with Crippen LogP contribution in [0.15, 0.2) is 0 Å². The molecule has 0 saturated carbocycles. The highest BCUT2D eigenvalue weighted by molar-refractivity contribution is 7.23. The molecule has 0 bridgehead atoms. The van der Waals surface area contributed by atoms with Crippen LogP contribution in [0.25, 0.3) is 9.88 Å². The van der Waals surface area contributed by atoms with Gasteiger partial charge in [0.25, 0.3) is 0 Å². The molecule has 0 unspecified atom stereocenters. The van der Waals surface area contributed by atoms with Gasteiger partial charge in [0.15, 0.2) is 5.01 Å². The predicted octanol–water partition coefficient (Wildman–Crippen LogP) is 1.95. The van der Waals surface area contributed by atoms with E-state index in [1.165, 1.54) is 11.3 Å². The van der Waals surface area contributed by atoms with Crippen LogP contribution in [0.4, 0.5) is 5.13 Å². The second kappa shape index (κ2) is 4.86. The lowest BCUT2D eigenvalue weighted by Crippen LogP contribution is -1.90. The van der Waals surface area contributed by atoms with Crippen molar-refractivity contribution in [3.63, 3.8) is 0 Å². The summed E-state index contributed by atoms with van der Waals surface area (Å²) in [6.45, 7) is 2.57. The number of aryl methyl sites for hydroxylation is 1. The van der Waals surface area contributed by atoms with Crippen molar-refractivity contribution in [3.8, 4) is 9.88 Å². The van der Waals surface area contributed by atoms with E-state index in [9.17, 15) is 0 Å². The maximum absolute atomic E-state index is 5.58. The number of rotatable bonds is 4. The Bertz CT molecular complexity index is 480. The summed E-state index contributed by atoms with van der Waals surface area (Å²) >= 11 is 3.00. The maximum Gasteiger partial charge on any atom is 0.203 e. The van der Waals surface area contributed by atoms with E-state index in [4.69, 9.17) is 10.5 Å². The minimum atomic E-state index is 0.477. The minimum absolute atomic E-state index is 0.477. The molecule has 2 aromatic heterocycles. The molecule has 0 aliphatic heterocycles. The van der Waals surface area contributed by atoms with Crippen LogP contribution in [0, 0.1) is 0 Å². The smallest absolute Gasteiger partial charge is 0.203 e. The molecule has 5 nitrogen and oxygen atoms in total. The molecule has 0 aromatic carbocycles. The van der Waals surface area contributed by atoms with Gasteiger partial charge < -0.3 is 10.5 Å². The number of ether oxygens (including phenoxy) is 1. The number of hydrogen-bond acceptors (Lipinski definition) is 7. The number of anilines is 1. The molecule has 0 radical (unpaired) electrons. The molecule has 0 fully saturated rings. The van der Waals surface area contributed by atoms with Crippen molar-refractivity contribution >= 4 is 27.8 Å². The minimum Gasteiger partial charge on any atom is -0.378 e. The molecule has 0 spiro atoms. The Kier molecular flexibility index (Phi) is 3.47. The molecular weight excluding hydrogens is 244 g/mol. The van der Waals surface area contributed by atoms with E-state index in [1.54, 1.807) is 18.4 Å². The Hall–Kier alpha value is -1.05. The predicted molar refractivity (Wildman–Crippen MR) is 65.5 cm³/mol. The van der Waals surface area contributed by atoms with Crippen LogP contribution in [-0.4, -0.2) is 22.3 Å². The molecule has 7 heteroatoms. The number of nitrogens with two attached hydrogens (primary N) is 1. The molecule has 0 atom stereocenters. The Morgan fingerprint density at radius 1 is 1.31 bits per heavy atom. The van der Waals surface area contributed by atoms with E-state index in [0.29, 0.717) is 11.7 Å². The van der Waals surface area contributed by atoms with E-state index in [-0.39, 0.29) is 0 Å². The van der Waals surface area contributed by atoms with Crippen molar-refractivity contribution in [3.05, 3.63) is 10.7 Å². The summed E-state index contributed by atoms with van der Waals surface area (Å²) in [5, 5.41) is 10.2. The summed E-state index contributed by atoms with van der Waals surface area (Å²) in [6.07, 6.45) is 0.912. The summed E-state index contributed by atoms with van der Waals surface area (Å²) < 4.78 is 5.12. The summed E-state index contributed by atoms with van der Waals surface area (Å²) in [5.74, 6) is 0. The third-order valence-corrected chi connectivity index (χ3v) is 4.11. The highest BCUT2D eigenvalue weighted by Gasteiger charge is 2.15. The molecule has 0 amide bonds. The van der Waals surface area contributed by atoms with Gasteiger partial charge in [-0.25, -0.2) is 4.98 Å². The van der Waals surface area contributed by atoms with Gasteiger partial charge in [-0.3, -0.25) is 0 Å². The second-order valence-corrected chi connectivity index (χ2v) is 5.21. The van der Waals surface area contributed by atoms with Crippen molar-refractivity contribution < 1.29 is 4.74 Å². The molecule has 16 heavy (non-hydrogen) atoms. The normalized spacial score (nSPS) is 10.9. The maximum atomic E-state index is 5.58. The van der Waals surface area contributed by atoms with Crippen molar-refractivity contribution in [2.24, 2.45) is 0 Å². The van der Waals surface area contributed by atoms with Gasteiger partial charge in [-0.1, -0.05) is 18.3 Å². The zero-order valence-corrected chi connectivity index (χ0v) is 10.7. The zero-order valence-electron chi connectivity index (χ0n) is 9.06. The Labute approximate surface area is 101 Å². The van der Waals surface area contributed by atoms with Gasteiger partial charge in [-0.05, 0) is 6.42 Å². The lowest BCUT2D eigenvalue weighted by Gasteiger charge is -1.95. The average molecular weight is 256 g/mol. The lowest BCUT2D eigenvalue weighted by atomic mass is 10.4. The average Bonchev–Trinajstić information content (AvgIpc) is 2.85. The molecule has 86 valence electrons. The van der Waals surface area contributed by atoms with Crippen LogP contribution < -0.4 is 5.73 Å². The number of aromatic nitrogens is 3. The largest absolute Gasteiger partial charge is 0.378 e. The fourth-order valence-electron chi connectivity index (χ4n) is 1.28. The van der Waals surface area contributed by atoms with Crippen LogP contribution >= 0.6 is 22.7 Å². The van der Waals surface area contributed by atoms with Gasteiger partial charge in [-0.2, -0.15) is 0 Å². The van der Waals surface area contributed by atoms with Gasteiger partial charge in [-0.15, -0.1) is 21.5 Å². The number of nitrogen functional groups attached to an aromatic ring is 1. The summed E-state index contributed by atoms with van der Waals surface area (Å²) in [5.41, 5.74) is 6.49. The van der Waals surface area contributed by atoms with E-state index < -0.39 is 0 Å². The highest BCUT2D eigenvalue weighted by Crippen LogP contribution is 2.33. The Morgan fingerprint density at radius 2 is 2.12 bits per heavy atom. The van der Waals surface area contributed by atoms with E-state index >= 15 is 0 Å². The molecule has 0 aliphatic carbocycles. The summed E-state index contributed by atoms with van der Waals surface area (Å²) in [4.78, 5) is 5.52. The molecule has 2 aromatic rings. The van der Waals surface area contributed by atoms with Crippen molar-refractivity contribution in [2.75, 3.05) is 12.8 Å². The second-order valence-electron chi connectivity index (χ2n) is 3.12. The van der Waals surface area contributed by atoms with Gasteiger partial charge in [0, 0.05) is 7.11 Å². The number of thiazole rings is 1. The molecule has 2 N–H and O–H groups in total. The first kappa shape index (κ1) is 11.4. The van der Waals surface area contributed by atoms with Crippen LogP contribution in [0.2, 0.25) is 0 Å². The Morgan fingerprint density at radius 3 is 2.69 bits per heavy atom. The van der Waals surface area contributed by atoms with E-state index in [2.05, 4.69) is 22.1 Å². The number of hydrogen-bond donors (Lipinski definition) is 1. The van der Waals surface area contributed by atoms with Crippen LogP contribution in [-0.2, 0) is 17.8 Å². The molecule has 2 rings (SSSR count). The zero-order chi connectivity index (χ0) is 11.5. The van der Waals surface area contributed by atoms with Crippen molar-refractivity contribution in [2.45, 2.75) is 20.0 Å². The first-order chi connectivity index (χ1) is 7.74. The molecule has 0 aliphatic rings. The van der Waals surface area contributed by atoms with Crippen LogP contribution in [0.5, 0.6) is 0 Å².